The van der Waals surface area contributed by atoms with E-state index in [0.29, 0.717) is 6.04 Å². The molecule has 0 aliphatic carbocycles. The summed E-state index contributed by atoms with van der Waals surface area (Å²) in [5.74, 6) is 0.900. The summed E-state index contributed by atoms with van der Waals surface area (Å²) in [5.41, 5.74) is 2.31. The highest BCUT2D eigenvalue weighted by Crippen LogP contribution is 2.03. The number of guanidine groups is 1. The summed E-state index contributed by atoms with van der Waals surface area (Å²) in [6.45, 7) is 10.4. The van der Waals surface area contributed by atoms with Crippen molar-refractivity contribution in [3.05, 3.63) is 17.5 Å². The number of aryl methyl sites for hydroxylation is 3. The zero-order valence-corrected chi connectivity index (χ0v) is 17.7. The van der Waals surface area contributed by atoms with Gasteiger partial charge in [-0.1, -0.05) is 26.2 Å². The Morgan fingerprint density at radius 2 is 2.04 bits per heavy atom. The minimum atomic E-state index is 0. The lowest BCUT2D eigenvalue weighted by molar-refractivity contribution is 0.535. The molecule has 1 heterocycles. The van der Waals surface area contributed by atoms with Crippen LogP contribution in [0, 0.1) is 13.8 Å². The molecule has 0 saturated carbocycles. The van der Waals surface area contributed by atoms with Crippen molar-refractivity contribution >= 4 is 29.9 Å². The quantitative estimate of drug-likeness (QED) is 0.270. The van der Waals surface area contributed by atoms with Gasteiger partial charge in [0.05, 0.1) is 5.69 Å². The lowest BCUT2D eigenvalue weighted by atomic mass is 10.1. The second-order valence-electron chi connectivity index (χ2n) is 6.04. The fraction of sp³-hybridized carbons (Fsp3) is 0.765. The van der Waals surface area contributed by atoms with Gasteiger partial charge in [-0.15, -0.1) is 24.0 Å². The third-order valence-corrected chi connectivity index (χ3v) is 3.79. The van der Waals surface area contributed by atoms with E-state index in [9.17, 15) is 0 Å². The fourth-order valence-corrected chi connectivity index (χ4v) is 2.54. The average Bonchev–Trinajstić information content (AvgIpc) is 2.80. The summed E-state index contributed by atoms with van der Waals surface area (Å²) in [4.78, 5) is 4.29. The molecular weight excluding hydrogens is 401 g/mol. The Morgan fingerprint density at radius 1 is 1.30 bits per heavy atom. The van der Waals surface area contributed by atoms with E-state index in [4.69, 9.17) is 0 Å². The molecule has 1 rings (SSSR count). The zero-order chi connectivity index (χ0) is 16.4. The number of hydrogen-bond donors (Lipinski definition) is 2. The minimum Gasteiger partial charge on any atom is -0.356 e. The largest absolute Gasteiger partial charge is 0.356 e. The van der Waals surface area contributed by atoms with Crippen molar-refractivity contribution in [2.45, 2.75) is 72.4 Å². The maximum atomic E-state index is 4.48. The van der Waals surface area contributed by atoms with Crippen molar-refractivity contribution in [3.8, 4) is 0 Å². The van der Waals surface area contributed by atoms with E-state index in [2.05, 4.69) is 52.2 Å². The van der Waals surface area contributed by atoms with Crippen LogP contribution in [-0.4, -0.2) is 35.4 Å². The molecule has 0 fully saturated rings. The summed E-state index contributed by atoms with van der Waals surface area (Å²) in [5, 5.41) is 11.3. The van der Waals surface area contributed by atoms with Gasteiger partial charge in [0, 0.05) is 31.9 Å². The van der Waals surface area contributed by atoms with Crippen LogP contribution < -0.4 is 10.6 Å². The van der Waals surface area contributed by atoms with Gasteiger partial charge in [0.25, 0.3) is 0 Å². The third-order valence-electron chi connectivity index (χ3n) is 3.79. The van der Waals surface area contributed by atoms with E-state index >= 15 is 0 Å². The molecule has 134 valence electrons. The molecule has 1 aromatic rings. The summed E-state index contributed by atoms with van der Waals surface area (Å²) < 4.78 is 2.07. The number of aliphatic imine (C=N–C) groups is 1. The van der Waals surface area contributed by atoms with Gasteiger partial charge in [-0.2, -0.15) is 5.10 Å². The van der Waals surface area contributed by atoms with Crippen molar-refractivity contribution in [1.29, 1.82) is 0 Å². The van der Waals surface area contributed by atoms with Gasteiger partial charge in [0.15, 0.2) is 5.96 Å². The van der Waals surface area contributed by atoms with Crippen molar-refractivity contribution in [3.63, 3.8) is 0 Å². The van der Waals surface area contributed by atoms with Gasteiger partial charge >= 0.3 is 0 Å². The van der Waals surface area contributed by atoms with Crippen LogP contribution in [0.2, 0.25) is 0 Å². The molecule has 0 spiro atoms. The molecule has 0 aromatic carbocycles. The first kappa shape index (κ1) is 22.2. The first-order chi connectivity index (χ1) is 10.6. The van der Waals surface area contributed by atoms with Crippen LogP contribution in [0.4, 0.5) is 0 Å². The molecule has 1 aromatic heterocycles. The summed E-state index contributed by atoms with van der Waals surface area (Å²) >= 11 is 0. The Balaban J connectivity index is 0.00000484. The van der Waals surface area contributed by atoms with Gasteiger partial charge in [0.1, 0.15) is 0 Å². The second-order valence-corrected chi connectivity index (χ2v) is 6.04. The summed E-state index contributed by atoms with van der Waals surface area (Å²) in [6, 6.07) is 2.58. The monoisotopic (exact) mass is 435 g/mol. The Kier molecular flexibility index (Phi) is 12.2. The number of aromatic nitrogens is 2. The molecule has 5 nitrogen and oxygen atoms in total. The standard InChI is InChI=1S/C17H33N5.HI/c1-6-7-8-10-14(2)20-17(18-5)19-11-9-12-22-16(4)13-15(3)21-22;/h13-14H,6-12H2,1-5H3,(H2,18,19,20);1H. The van der Waals surface area contributed by atoms with Gasteiger partial charge < -0.3 is 10.6 Å². The molecule has 0 saturated heterocycles. The van der Waals surface area contributed by atoms with E-state index in [1.165, 1.54) is 31.4 Å². The second kappa shape index (κ2) is 12.6. The number of nitrogens with one attached hydrogen (secondary N) is 2. The maximum absolute atomic E-state index is 4.48. The topological polar surface area (TPSA) is 54.2 Å². The molecular formula is C17H34IN5. The first-order valence-electron chi connectivity index (χ1n) is 8.55. The normalized spacial score (nSPS) is 12.7. The van der Waals surface area contributed by atoms with E-state index < -0.39 is 0 Å². The smallest absolute Gasteiger partial charge is 0.191 e. The molecule has 0 aliphatic rings. The van der Waals surface area contributed by atoms with Gasteiger partial charge in [0.2, 0.25) is 0 Å². The maximum Gasteiger partial charge on any atom is 0.191 e. The van der Waals surface area contributed by atoms with Crippen molar-refractivity contribution in [2.24, 2.45) is 4.99 Å². The highest BCUT2D eigenvalue weighted by atomic mass is 127. The van der Waals surface area contributed by atoms with Crippen molar-refractivity contribution < 1.29 is 0 Å². The average molecular weight is 435 g/mol. The van der Waals surface area contributed by atoms with Crippen LogP contribution in [0.25, 0.3) is 0 Å². The predicted molar refractivity (Wildman–Crippen MR) is 110 cm³/mol. The Hall–Kier alpha value is -0.790. The van der Waals surface area contributed by atoms with Crippen LogP contribution in [-0.2, 0) is 6.54 Å². The first-order valence-corrected chi connectivity index (χ1v) is 8.55. The van der Waals surface area contributed by atoms with Crippen LogP contribution >= 0.6 is 24.0 Å². The molecule has 0 aliphatic heterocycles. The van der Waals surface area contributed by atoms with Crippen LogP contribution in [0.5, 0.6) is 0 Å². The number of unbranched alkanes of at least 4 members (excludes halogenated alkanes) is 2. The number of hydrogen-bond acceptors (Lipinski definition) is 2. The lowest BCUT2D eigenvalue weighted by Gasteiger charge is -2.18. The highest BCUT2D eigenvalue weighted by molar-refractivity contribution is 14.0. The molecule has 1 unspecified atom stereocenters. The SMILES string of the molecule is CCCCCC(C)NC(=NC)NCCCn1nc(C)cc1C.I. The van der Waals surface area contributed by atoms with Gasteiger partial charge in [-0.3, -0.25) is 9.67 Å². The Labute approximate surface area is 158 Å². The van der Waals surface area contributed by atoms with Gasteiger partial charge in [-0.25, -0.2) is 0 Å². The summed E-state index contributed by atoms with van der Waals surface area (Å²) in [6.07, 6.45) is 6.08. The van der Waals surface area contributed by atoms with Crippen molar-refractivity contribution in [1.82, 2.24) is 20.4 Å². The third kappa shape index (κ3) is 9.17. The Bertz CT molecular complexity index is 456. The van der Waals surface area contributed by atoms with E-state index in [1.54, 1.807) is 0 Å². The minimum absolute atomic E-state index is 0. The zero-order valence-electron chi connectivity index (χ0n) is 15.4. The molecule has 0 bridgehead atoms. The fourth-order valence-electron chi connectivity index (χ4n) is 2.54. The van der Waals surface area contributed by atoms with Crippen molar-refractivity contribution in [2.75, 3.05) is 13.6 Å². The molecule has 0 radical (unpaired) electrons. The molecule has 1 atom stereocenters. The highest BCUT2D eigenvalue weighted by Gasteiger charge is 2.05. The van der Waals surface area contributed by atoms with Crippen LogP contribution in [0.3, 0.4) is 0 Å². The van der Waals surface area contributed by atoms with E-state index in [-0.39, 0.29) is 24.0 Å². The summed E-state index contributed by atoms with van der Waals surface area (Å²) in [7, 11) is 1.83. The Morgan fingerprint density at radius 3 is 2.61 bits per heavy atom. The number of rotatable bonds is 9. The molecule has 2 N–H and O–H groups in total. The molecule has 0 amide bonds. The van der Waals surface area contributed by atoms with Gasteiger partial charge in [-0.05, 0) is 39.7 Å². The predicted octanol–water partition coefficient (Wildman–Crippen LogP) is 3.64. The van der Waals surface area contributed by atoms with Crippen LogP contribution in [0.1, 0.15) is 57.3 Å². The van der Waals surface area contributed by atoms with E-state index in [1.807, 2.05) is 14.0 Å². The van der Waals surface area contributed by atoms with Crippen LogP contribution in [0.15, 0.2) is 11.1 Å². The lowest BCUT2D eigenvalue weighted by Crippen LogP contribution is -2.42. The molecule has 23 heavy (non-hydrogen) atoms. The number of halogens is 1. The molecule has 6 heteroatoms. The number of nitrogens with zero attached hydrogens (tertiary/aromatic N) is 3. The van der Waals surface area contributed by atoms with E-state index in [0.717, 1.165) is 31.2 Å².